The second kappa shape index (κ2) is 4.29. The number of hydrogen-bond donors (Lipinski definition) is 0. The molecule has 1 aromatic rings. The molecule has 1 heterocycles. The Hall–Kier alpha value is -0.630. The zero-order chi connectivity index (χ0) is 8.10. The van der Waals surface area contributed by atoms with Crippen LogP contribution in [0.4, 0.5) is 0 Å². The van der Waals surface area contributed by atoms with E-state index in [1.54, 1.807) is 11.3 Å². The van der Waals surface area contributed by atoms with Gasteiger partial charge in [0.2, 0.25) is 0 Å². The summed E-state index contributed by atoms with van der Waals surface area (Å²) in [5.41, 5.74) is 1.38. The van der Waals surface area contributed by atoms with Crippen LogP contribution in [0.2, 0.25) is 0 Å². The molecule has 0 N–H and O–H groups in total. The topological polar surface area (TPSA) is 12.9 Å². The van der Waals surface area contributed by atoms with Gasteiger partial charge in [-0.1, -0.05) is 19.9 Å². The summed E-state index contributed by atoms with van der Waals surface area (Å²) in [6, 6.07) is 0. The van der Waals surface area contributed by atoms with Crippen LogP contribution < -0.4 is 0 Å². The summed E-state index contributed by atoms with van der Waals surface area (Å²) in [7, 11) is 0. The maximum Gasteiger partial charge on any atom is 0.118 e. The largest absolute Gasteiger partial charge is 0.245 e. The molecule has 0 spiro atoms. The lowest BCUT2D eigenvalue weighted by Crippen LogP contribution is -1.79. The highest BCUT2D eigenvalue weighted by molar-refractivity contribution is 7.10. The van der Waals surface area contributed by atoms with E-state index in [2.05, 4.69) is 24.9 Å². The van der Waals surface area contributed by atoms with Gasteiger partial charge in [-0.05, 0) is 18.4 Å². The summed E-state index contributed by atoms with van der Waals surface area (Å²) in [5.74, 6) is 0. The van der Waals surface area contributed by atoms with E-state index >= 15 is 0 Å². The van der Waals surface area contributed by atoms with E-state index in [4.69, 9.17) is 0 Å². The second-order valence-corrected chi connectivity index (χ2v) is 3.22. The molecule has 0 aliphatic rings. The molecular formula is C9H13NS. The Balaban J connectivity index is 2.79. The van der Waals surface area contributed by atoms with Gasteiger partial charge in [-0.2, -0.15) is 0 Å². The smallest absolute Gasteiger partial charge is 0.118 e. The number of rotatable bonds is 3. The molecule has 0 atom stereocenters. The molecule has 60 valence electrons. The summed E-state index contributed by atoms with van der Waals surface area (Å²) in [6.07, 6.45) is 6.29. The van der Waals surface area contributed by atoms with E-state index in [0.29, 0.717) is 0 Å². The highest BCUT2D eigenvalue weighted by Crippen LogP contribution is 2.20. The lowest BCUT2D eigenvalue weighted by atomic mass is 10.2. The summed E-state index contributed by atoms with van der Waals surface area (Å²) < 4.78 is 0. The molecular weight excluding hydrogens is 154 g/mol. The van der Waals surface area contributed by atoms with Crippen LogP contribution in [0.15, 0.2) is 17.7 Å². The van der Waals surface area contributed by atoms with E-state index in [9.17, 15) is 0 Å². The summed E-state index contributed by atoms with van der Waals surface area (Å²) in [5, 5.41) is 3.20. The van der Waals surface area contributed by atoms with Gasteiger partial charge in [0.15, 0.2) is 0 Å². The second-order valence-electron chi connectivity index (χ2n) is 2.33. The third kappa shape index (κ3) is 2.15. The fourth-order valence-electron chi connectivity index (χ4n) is 1.01. The fourth-order valence-corrected chi connectivity index (χ4v) is 1.76. The molecule has 0 aromatic carbocycles. The van der Waals surface area contributed by atoms with Gasteiger partial charge in [0, 0.05) is 11.6 Å². The average Bonchev–Trinajstić information content (AvgIpc) is 2.52. The maximum atomic E-state index is 4.26. The fraction of sp³-hybridized carbons (Fsp3) is 0.444. The van der Waals surface area contributed by atoms with Crippen LogP contribution in [0.5, 0.6) is 0 Å². The number of nitrogens with zero attached hydrogens (tertiary/aromatic N) is 1. The van der Waals surface area contributed by atoms with Gasteiger partial charge >= 0.3 is 0 Å². The molecule has 0 aliphatic carbocycles. The summed E-state index contributed by atoms with van der Waals surface area (Å²) in [6.45, 7) is 4.33. The molecule has 2 heteroatoms. The van der Waals surface area contributed by atoms with Crippen LogP contribution in [0.1, 0.15) is 31.7 Å². The van der Waals surface area contributed by atoms with Crippen LogP contribution >= 0.6 is 11.3 Å². The van der Waals surface area contributed by atoms with E-state index in [1.807, 2.05) is 11.6 Å². The van der Waals surface area contributed by atoms with Crippen LogP contribution in [0.3, 0.4) is 0 Å². The van der Waals surface area contributed by atoms with Crippen LogP contribution in [-0.4, -0.2) is 4.98 Å². The Bertz CT molecular complexity index is 224. The van der Waals surface area contributed by atoms with Gasteiger partial charge in [0.05, 0.1) is 0 Å². The minimum atomic E-state index is 1.08. The molecule has 1 aromatic heterocycles. The molecule has 0 aliphatic heterocycles. The Morgan fingerprint density at radius 3 is 2.91 bits per heavy atom. The molecule has 1 rings (SSSR count). The van der Waals surface area contributed by atoms with Crippen molar-refractivity contribution in [1.29, 1.82) is 0 Å². The number of allylic oxidation sites excluding steroid dienone is 2. The van der Waals surface area contributed by atoms with Crippen LogP contribution in [0, 0.1) is 0 Å². The molecule has 0 amide bonds. The molecule has 0 bridgehead atoms. The quantitative estimate of drug-likeness (QED) is 0.672. The molecule has 0 unspecified atom stereocenters. The predicted octanol–water partition coefficient (Wildman–Crippen LogP) is 3.35. The van der Waals surface area contributed by atoms with Gasteiger partial charge in [0.25, 0.3) is 0 Å². The third-order valence-electron chi connectivity index (χ3n) is 1.54. The Kier molecular flexibility index (Phi) is 3.30. The number of hydrogen-bond acceptors (Lipinski definition) is 2. The molecule has 0 saturated carbocycles. The van der Waals surface area contributed by atoms with Crippen molar-refractivity contribution in [2.75, 3.05) is 0 Å². The maximum absolute atomic E-state index is 4.26. The van der Waals surface area contributed by atoms with Gasteiger partial charge in [-0.15, -0.1) is 11.3 Å². The minimum absolute atomic E-state index is 1.08. The number of thiazole rings is 1. The Morgan fingerprint density at radius 2 is 2.45 bits per heavy atom. The van der Waals surface area contributed by atoms with E-state index < -0.39 is 0 Å². The predicted molar refractivity (Wildman–Crippen MR) is 50.7 cm³/mol. The van der Waals surface area contributed by atoms with Gasteiger partial charge in [-0.25, -0.2) is 4.98 Å². The molecule has 0 fully saturated rings. The van der Waals surface area contributed by atoms with Crippen LogP contribution in [-0.2, 0) is 0 Å². The first-order valence-electron chi connectivity index (χ1n) is 3.97. The van der Waals surface area contributed by atoms with Crippen molar-refractivity contribution < 1.29 is 0 Å². The van der Waals surface area contributed by atoms with Crippen LogP contribution in [0.25, 0.3) is 5.57 Å². The van der Waals surface area contributed by atoms with Crippen molar-refractivity contribution in [1.82, 2.24) is 4.98 Å². The Labute approximate surface area is 71.8 Å². The number of aromatic nitrogens is 1. The lowest BCUT2D eigenvalue weighted by molar-refractivity contribution is 1.16. The summed E-state index contributed by atoms with van der Waals surface area (Å²) >= 11 is 1.72. The molecule has 1 nitrogen and oxygen atoms in total. The van der Waals surface area contributed by atoms with Gasteiger partial charge in [0.1, 0.15) is 5.01 Å². The SMILES string of the molecule is CC/C=C(\CC)c1nccs1. The summed E-state index contributed by atoms with van der Waals surface area (Å²) in [4.78, 5) is 4.26. The van der Waals surface area contributed by atoms with Crippen molar-refractivity contribution in [2.24, 2.45) is 0 Å². The van der Waals surface area contributed by atoms with Crippen molar-refractivity contribution in [3.05, 3.63) is 22.7 Å². The molecule has 0 radical (unpaired) electrons. The van der Waals surface area contributed by atoms with Crippen molar-refractivity contribution in [3.63, 3.8) is 0 Å². The van der Waals surface area contributed by atoms with E-state index in [-0.39, 0.29) is 0 Å². The average molecular weight is 167 g/mol. The van der Waals surface area contributed by atoms with Gasteiger partial charge < -0.3 is 0 Å². The highest BCUT2D eigenvalue weighted by atomic mass is 32.1. The Morgan fingerprint density at radius 1 is 1.64 bits per heavy atom. The van der Waals surface area contributed by atoms with Crippen molar-refractivity contribution in [3.8, 4) is 0 Å². The lowest BCUT2D eigenvalue weighted by Gasteiger charge is -1.97. The van der Waals surface area contributed by atoms with Gasteiger partial charge in [-0.3, -0.25) is 0 Å². The minimum Gasteiger partial charge on any atom is -0.245 e. The standard InChI is InChI=1S/C9H13NS/c1-3-5-8(4-2)9-10-6-7-11-9/h5-7H,3-4H2,1-2H3/b8-5+. The van der Waals surface area contributed by atoms with Crippen molar-refractivity contribution >= 4 is 16.9 Å². The third-order valence-corrected chi connectivity index (χ3v) is 2.39. The first kappa shape index (κ1) is 8.47. The van der Waals surface area contributed by atoms with E-state index in [1.165, 1.54) is 10.6 Å². The normalized spacial score (nSPS) is 12.0. The zero-order valence-corrected chi connectivity index (χ0v) is 7.82. The van der Waals surface area contributed by atoms with E-state index in [0.717, 1.165) is 12.8 Å². The zero-order valence-electron chi connectivity index (χ0n) is 7.00. The monoisotopic (exact) mass is 167 g/mol. The highest BCUT2D eigenvalue weighted by Gasteiger charge is 1.99. The first-order valence-corrected chi connectivity index (χ1v) is 4.85. The van der Waals surface area contributed by atoms with Crippen molar-refractivity contribution in [2.45, 2.75) is 26.7 Å². The molecule has 0 saturated heterocycles. The molecule has 11 heavy (non-hydrogen) atoms. The first-order chi connectivity index (χ1) is 5.38.